The Kier molecular flexibility index (Phi) is 4.11. The van der Waals surface area contributed by atoms with Gasteiger partial charge in [0.25, 0.3) is 0 Å². The van der Waals surface area contributed by atoms with Gasteiger partial charge in [-0.1, -0.05) is 27.5 Å². The van der Waals surface area contributed by atoms with Gasteiger partial charge in [0.15, 0.2) is 0 Å². The van der Waals surface area contributed by atoms with Gasteiger partial charge in [-0.2, -0.15) is 5.10 Å². The molecule has 0 amide bonds. The van der Waals surface area contributed by atoms with Crippen LogP contribution < -0.4 is 5.43 Å². The minimum atomic E-state index is -1.07. The highest BCUT2D eigenvalue weighted by Gasteiger charge is 2.03. The van der Waals surface area contributed by atoms with Crippen LogP contribution in [0, 0.1) is 0 Å². The highest BCUT2D eigenvalue weighted by atomic mass is 79.9. The molecule has 0 aliphatic rings. The summed E-state index contributed by atoms with van der Waals surface area (Å²) in [6, 6.07) is 5.17. The van der Waals surface area contributed by atoms with Gasteiger partial charge in [-0.15, -0.1) is 0 Å². The van der Waals surface area contributed by atoms with Gasteiger partial charge in [0.2, 0.25) is 0 Å². The molecule has 0 bridgehead atoms. The fourth-order valence-electron chi connectivity index (χ4n) is 0.772. The number of hydrogen-bond acceptors (Lipinski definition) is 3. The van der Waals surface area contributed by atoms with E-state index in [1.165, 1.54) is 6.92 Å². The molecular formula is C9H8BrClN2O2. The molecule has 0 aliphatic heterocycles. The number of anilines is 1. The molecule has 80 valence electrons. The van der Waals surface area contributed by atoms with Crippen LogP contribution in [0.2, 0.25) is 5.02 Å². The Bertz CT molecular complexity index is 421. The number of carboxylic acids is 1. The van der Waals surface area contributed by atoms with E-state index in [1.807, 2.05) is 0 Å². The molecular weight excluding hydrogens is 283 g/mol. The second-order valence-electron chi connectivity index (χ2n) is 2.74. The van der Waals surface area contributed by atoms with Crippen molar-refractivity contribution in [3.05, 3.63) is 27.7 Å². The zero-order chi connectivity index (χ0) is 11.4. The SMILES string of the molecule is C/C(=N/Nc1ccc(Br)cc1Cl)C(=O)O. The average molecular weight is 292 g/mol. The van der Waals surface area contributed by atoms with Crippen molar-refractivity contribution in [3.8, 4) is 0 Å². The van der Waals surface area contributed by atoms with E-state index in [9.17, 15) is 4.79 Å². The summed E-state index contributed by atoms with van der Waals surface area (Å²) in [5.74, 6) is -1.07. The number of aliphatic carboxylic acids is 1. The lowest BCUT2D eigenvalue weighted by Gasteiger charge is -2.03. The molecule has 0 spiro atoms. The summed E-state index contributed by atoms with van der Waals surface area (Å²) in [5.41, 5.74) is 3.10. The molecule has 0 aliphatic carbocycles. The Morgan fingerprint density at radius 3 is 2.80 bits per heavy atom. The van der Waals surface area contributed by atoms with Gasteiger partial charge in [0, 0.05) is 4.47 Å². The predicted molar refractivity (Wildman–Crippen MR) is 63.5 cm³/mol. The summed E-state index contributed by atoms with van der Waals surface area (Å²) in [5, 5.41) is 12.7. The first-order valence-corrected chi connectivity index (χ1v) is 5.16. The smallest absolute Gasteiger partial charge is 0.351 e. The van der Waals surface area contributed by atoms with Crippen LogP contribution in [0.1, 0.15) is 6.92 Å². The van der Waals surface area contributed by atoms with Crippen LogP contribution in [0.15, 0.2) is 27.8 Å². The molecule has 1 aromatic carbocycles. The third kappa shape index (κ3) is 3.53. The second-order valence-corrected chi connectivity index (χ2v) is 4.06. The molecule has 0 heterocycles. The van der Waals surface area contributed by atoms with Crippen molar-refractivity contribution in [1.82, 2.24) is 0 Å². The first kappa shape index (κ1) is 12.0. The lowest BCUT2D eigenvalue weighted by molar-refractivity contribution is -0.129. The third-order valence-electron chi connectivity index (χ3n) is 1.58. The van der Waals surface area contributed by atoms with Crippen molar-refractivity contribution in [2.75, 3.05) is 5.43 Å². The van der Waals surface area contributed by atoms with Gasteiger partial charge >= 0.3 is 5.97 Å². The molecule has 15 heavy (non-hydrogen) atoms. The summed E-state index contributed by atoms with van der Waals surface area (Å²) in [7, 11) is 0. The Morgan fingerprint density at radius 2 is 2.27 bits per heavy atom. The van der Waals surface area contributed by atoms with E-state index < -0.39 is 5.97 Å². The molecule has 0 atom stereocenters. The van der Waals surface area contributed by atoms with Crippen LogP contribution >= 0.6 is 27.5 Å². The topological polar surface area (TPSA) is 61.7 Å². The van der Waals surface area contributed by atoms with Crippen molar-refractivity contribution in [1.29, 1.82) is 0 Å². The van der Waals surface area contributed by atoms with E-state index >= 15 is 0 Å². The zero-order valence-electron chi connectivity index (χ0n) is 7.79. The molecule has 0 radical (unpaired) electrons. The standard InChI is InChI=1S/C9H8BrClN2O2/c1-5(9(14)15)12-13-8-3-2-6(10)4-7(8)11/h2-4,13H,1H3,(H,14,15)/b12-5-. The van der Waals surface area contributed by atoms with Crippen LogP contribution in [0.3, 0.4) is 0 Å². The quantitative estimate of drug-likeness (QED) is 0.665. The maximum absolute atomic E-state index is 10.4. The van der Waals surface area contributed by atoms with Crippen molar-refractivity contribution >= 4 is 44.9 Å². The molecule has 0 saturated heterocycles. The number of nitrogens with one attached hydrogen (secondary N) is 1. The Morgan fingerprint density at radius 1 is 1.60 bits per heavy atom. The number of hydrogen-bond donors (Lipinski definition) is 2. The van der Waals surface area contributed by atoms with E-state index in [4.69, 9.17) is 16.7 Å². The van der Waals surface area contributed by atoms with Gasteiger partial charge in [-0.05, 0) is 25.1 Å². The highest BCUT2D eigenvalue weighted by molar-refractivity contribution is 9.10. The minimum Gasteiger partial charge on any atom is -0.477 e. The van der Waals surface area contributed by atoms with Gasteiger partial charge in [0.1, 0.15) is 5.71 Å². The van der Waals surface area contributed by atoms with Crippen molar-refractivity contribution < 1.29 is 9.90 Å². The number of benzene rings is 1. The summed E-state index contributed by atoms with van der Waals surface area (Å²) >= 11 is 9.14. The lowest BCUT2D eigenvalue weighted by atomic mass is 10.3. The number of nitrogens with zero attached hydrogens (tertiary/aromatic N) is 1. The monoisotopic (exact) mass is 290 g/mol. The summed E-state index contributed by atoms with van der Waals surface area (Å²) < 4.78 is 0.844. The molecule has 0 saturated carbocycles. The zero-order valence-corrected chi connectivity index (χ0v) is 10.1. The molecule has 2 N–H and O–H groups in total. The van der Waals surface area contributed by atoms with Crippen molar-refractivity contribution in [3.63, 3.8) is 0 Å². The number of halogens is 2. The van der Waals surface area contributed by atoms with E-state index in [-0.39, 0.29) is 5.71 Å². The Balaban J connectivity index is 2.82. The minimum absolute atomic E-state index is 0.0333. The number of rotatable bonds is 3. The van der Waals surface area contributed by atoms with E-state index in [0.29, 0.717) is 10.7 Å². The third-order valence-corrected chi connectivity index (χ3v) is 2.39. The van der Waals surface area contributed by atoms with Gasteiger partial charge in [-0.3, -0.25) is 5.43 Å². The maximum Gasteiger partial charge on any atom is 0.351 e. The molecule has 0 unspecified atom stereocenters. The summed E-state index contributed by atoms with van der Waals surface area (Å²) in [6.07, 6.45) is 0. The lowest BCUT2D eigenvalue weighted by Crippen LogP contribution is -2.10. The van der Waals surface area contributed by atoms with Crippen LogP contribution in [0.25, 0.3) is 0 Å². The van der Waals surface area contributed by atoms with Gasteiger partial charge < -0.3 is 5.11 Å². The number of carbonyl (C=O) groups is 1. The van der Waals surface area contributed by atoms with E-state index in [1.54, 1.807) is 18.2 Å². The fourth-order valence-corrected chi connectivity index (χ4v) is 1.49. The second kappa shape index (κ2) is 5.14. The van der Waals surface area contributed by atoms with Crippen LogP contribution in [-0.2, 0) is 4.79 Å². The Hall–Kier alpha value is -1.07. The van der Waals surface area contributed by atoms with Crippen LogP contribution in [0.5, 0.6) is 0 Å². The van der Waals surface area contributed by atoms with Crippen molar-refractivity contribution in [2.45, 2.75) is 6.92 Å². The van der Waals surface area contributed by atoms with E-state index in [0.717, 1.165) is 4.47 Å². The first-order valence-electron chi connectivity index (χ1n) is 3.99. The summed E-state index contributed by atoms with van der Waals surface area (Å²) in [6.45, 7) is 1.39. The maximum atomic E-state index is 10.4. The van der Waals surface area contributed by atoms with E-state index in [2.05, 4.69) is 26.5 Å². The molecule has 0 fully saturated rings. The molecule has 0 aromatic heterocycles. The molecule has 4 nitrogen and oxygen atoms in total. The molecule has 1 rings (SSSR count). The summed E-state index contributed by atoms with van der Waals surface area (Å²) in [4.78, 5) is 10.4. The largest absolute Gasteiger partial charge is 0.477 e. The number of carboxylic acid groups (broad SMARTS) is 1. The van der Waals surface area contributed by atoms with Crippen LogP contribution in [-0.4, -0.2) is 16.8 Å². The molecule has 6 heteroatoms. The highest BCUT2D eigenvalue weighted by Crippen LogP contribution is 2.25. The van der Waals surface area contributed by atoms with Gasteiger partial charge in [-0.25, -0.2) is 4.79 Å². The molecule has 1 aromatic rings. The normalized spacial score (nSPS) is 11.3. The number of hydrazone groups is 1. The predicted octanol–water partition coefficient (Wildman–Crippen LogP) is 2.97. The van der Waals surface area contributed by atoms with Crippen LogP contribution in [0.4, 0.5) is 5.69 Å². The fraction of sp³-hybridized carbons (Fsp3) is 0.111. The first-order chi connectivity index (χ1) is 7.00. The van der Waals surface area contributed by atoms with Crippen molar-refractivity contribution in [2.24, 2.45) is 5.10 Å². The average Bonchev–Trinajstić information content (AvgIpc) is 2.15. The van der Waals surface area contributed by atoms with Gasteiger partial charge in [0.05, 0.1) is 10.7 Å². The Labute approximate surface area is 100 Å².